The van der Waals surface area contributed by atoms with E-state index in [2.05, 4.69) is 20.2 Å². The van der Waals surface area contributed by atoms with Crippen molar-refractivity contribution >= 4 is 35.1 Å². The zero-order valence-corrected chi connectivity index (χ0v) is 14.9. The Balaban J connectivity index is 1.93. The first kappa shape index (κ1) is 18.5. The smallest absolute Gasteiger partial charge is 0.476 e. The van der Waals surface area contributed by atoms with Gasteiger partial charge in [-0.05, 0) is 34.8 Å². The summed E-state index contributed by atoms with van der Waals surface area (Å²) in [5.74, 6) is -0.789. The average molecular weight is 387 g/mol. The first-order valence-electron chi connectivity index (χ1n) is 8.53. The van der Waals surface area contributed by atoms with Gasteiger partial charge in [0, 0.05) is 23.3 Å². The van der Waals surface area contributed by atoms with Gasteiger partial charge < -0.3 is 20.9 Å². The molecule has 4 aromatic rings. The van der Waals surface area contributed by atoms with Crippen molar-refractivity contribution in [3.05, 3.63) is 60.6 Å². The summed E-state index contributed by atoms with van der Waals surface area (Å²) in [6.07, 6.45) is 3.22. The Morgan fingerprint density at radius 3 is 2.41 bits per heavy atom. The predicted octanol–water partition coefficient (Wildman–Crippen LogP) is 0.714. The van der Waals surface area contributed by atoms with Crippen molar-refractivity contribution in [2.24, 2.45) is 0 Å². The zero-order chi connectivity index (χ0) is 20.5. The lowest BCUT2D eigenvalue weighted by Crippen LogP contribution is -2.29. The standard InChI is InChI=1S/C19H14BN5O4/c21-16-13-4-2-10(8-15(13)24-25-17(16)19(26)27)14-9-11(20(28)29)3-5-12(14)18-22-6-1-7-23-18/h1-9,28-29H,(H2,21,24)(H,26,27). The normalized spacial score (nSPS) is 10.8. The van der Waals surface area contributed by atoms with Crippen molar-refractivity contribution in [2.75, 3.05) is 5.73 Å². The molecule has 2 aromatic carbocycles. The van der Waals surface area contributed by atoms with Crippen LogP contribution < -0.4 is 11.2 Å². The zero-order valence-electron chi connectivity index (χ0n) is 14.9. The molecule has 4 rings (SSSR count). The Kier molecular flexibility index (Phi) is 4.63. The predicted molar refractivity (Wildman–Crippen MR) is 107 cm³/mol. The molecule has 9 nitrogen and oxygen atoms in total. The monoisotopic (exact) mass is 387 g/mol. The van der Waals surface area contributed by atoms with Crippen molar-refractivity contribution < 1.29 is 19.9 Å². The van der Waals surface area contributed by atoms with Gasteiger partial charge in [0.1, 0.15) is 0 Å². The highest BCUT2D eigenvalue weighted by molar-refractivity contribution is 6.58. The molecule has 0 spiro atoms. The number of rotatable bonds is 4. The van der Waals surface area contributed by atoms with Gasteiger partial charge in [0.25, 0.3) is 0 Å². The van der Waals surface area contributed by atoms with E-state index in [9.17, 15) is 14.8 Å². The lowest BCUT2D eigenvalue weighted by molar-refractivity contribution is 0.0690. The second-order valence-electron chi connectivity index (χ2n) is 6.25. The number of carboxylic acid groups (broad SMARTS) is 1. The summed E-state index contributed by atoms with van der Waals surface area (Å²) in [7, 11) is -1.64. The van der Waals surface area contributed by atoms with E-state index in [0.29, 0.717) is 38.9 Å². The number of aromatic carboxylic acids is 1. The summed E-state index contributed by atoms with van der Waals surface area (Å²) in [4.78, 5) is 19.7. The van der Waals surface area contributed by atoms with Crippen LogP contribution in [0.5, 0.6) is 0 Å². The fourth-order valence-corrected chi connectivity index (χ4v) is 3.05. The molecule has 0 bridgehead atoms. The lowest BCUT2D eigenvalue weighted by atomic mass is 9.78. The van der Waals surface area contributed by atoms with E-state index in [-0.39, 0.29) is 11.4 Å². The SMILES string of the molecule is Nc1c(C(=O)O)nnc2cc(-c3cc(B(O)O)ccc3-c3ncccn3)ccc12. The maximum absolute atomic E-state index is 11.2. The molecular formula is C19H14BN5O4. The lowest BCUT2D eigenvalue weighted by Gasteiger charge is -2.12. The third-order valence-corrected chi connectivity index (χ3v) is 4.46. The highest BCUT2D eigenvalue weighted by atomic mass is 16.4. The van der Waals surface area contributed by atoms with Gasteiger partial charge in [-0.15, -0.1) is 10.2 Å². The van der Waals surface area contributed by atoms with Crippen LogP contribution in [0, 0.1) is 0 Å². The highest BCUT2D eigenvalue weighted by Crippen LogP contribution is 2.32. The van der Waals surface area contributed by atoms with Gasteiger partial charge in [0.15, 0.2) is 11.5 Å². The van der Waals surface area contributed by atoms with Crippen molar-refractivity contribution in [3.63, 3.8) is 0 Å². The number of carbonyl (C=O) groups is 1. The molecule has 10 heteroatoms. The fraction of sp³-hybridized carbons (Fsp3) is 0. The molecule has 0 radical (unpaired) electrons. The van der Waals surface area contributed by atoms with Crippen LogP contribution in [0.3, 0.4) is 0 Å². The molecule has 2 heterocycles. The molecule has 0 saturated heterocycles. The van der Waals surface area contributed by atoms with Crippen molar-refractivity contribution in [1.29, 1.82) is 0 Å². The molecule has 0 fully saturated rings. The van der Waals surface area contributed by atoms with Crippen LogP contribution in [0.1, 0.15) is 10.5 Å². The van der Waals surface area contributed by atoms with Crippen LogP contribution in [-0.4, -0.2) is 48.4 Å². The molecular weight excluding hydrogens is 373 g/mol. The average Bonchev–Trinajstić information content (AvgIpc) is 2.73. The molecule has 29 heavy (non-hydrogen) atoms. The van der Waals surface area contributed by atoms with E-state index in [1.807, 2.05) is 0 Å². The van der Waals surface area contributed by atoms with Crippen molar-refractivity contribution in [3.8, 4) is 22.5 Å². The number of hydrogen-bond acceptors (Lipinski definition) is 8. The van der Waals surface area contributed by atoms with Gasteiger partial charge in [-0.25, -0.2) is 14.8 Å². The summed E-state index contributed by atoms with van der Waals surface area (Å²) in [6, 6.07) is 11.7. The van der Waals surface area contributed by atoms with Gasteiger partial charge in [-0.2, -0.15) is 0 Å². The molecule has 0 aliphatic carbocycles. The van der Waals surface area contributed by atoms with Crippen LogP contribution in [0.4, 0.5) is 5.69 Å². The number of hydrogen-bond donors (Lipinski definition) is 4. The molecule has 0 unspecified atom stereocenters. The molecule has 0 saturated carbocycles. The molecule has 2 aromatic heterocycles. The molecule has 142 valence electrons. The Labute approximate surface area is 164 Å². The van der Waals surface area contributed by atoms with Gasteiger partial charge in [0.05, 0.1) is 11.2 Å². The Morgan fingerprint density at radius 1 is 0.966 bits per heavy atom. The number of nitrogen functional groups attached to an aromatic ring is 1. The molecule has 0 aliphatic rings. The summed E-state index contributed by atoms with van der Waals surface area (Å²) in [5.41, 5.74) is 8.34. The Bertz CT molecular complexity index is 1230. The largest absolute Gasteiger partial charge is 0.488 e. The van der Waals surface area contributed by atoms with Gasteiger partial charge in [-0.3, -0.25) is 0 Å². The maximum atomic E-state index is 11.2. The number of aromatic nitrogens is 4. The van der Waals surface area contributed by atoms with Gasteiger partial charge >= 0.3 is 13.1 Å². The quantitative estimate of drug-likeness (QED) is 0.371. The van der Waals surface area contributed by atoms with Crippen LogP contribution in [0.2, 0.25) is 0 Å². The van der Waals surface area contributed by atoms with E-state index in [4.69, 9.17) is 10.8 Å². The Morgan fingerprint density at radius 2 is 1.72 bits per heavy atom. The van der Waals surface area contributed by atoms with Crippen molar-refractivity contribution in [1.82, 2.24) is 20.2 Å². The number of nitrogens with zero attached hydrogens (tertiary/aromatic N) is 4. The maximum Gasteiger partial charge on any atom is 0.488 e. The minimum Gasteiger partial charge on any atom is -0.476 e. The number of benzene rings is 2. The van der Waals surface area contributed by atoms with Crippen LogP contribution in [0.15, 0.2) is 54.9 Å². The van der Waals surface area contributed by atoms with Crippen LogP contribution in [-0.2, 0) is 0 Å². The number of anilines is 1. The molecule has 0 atom stereocenters. The summed E-state index contributed by atoms with van der Waals surface area (Å²) in [6.45, 7) is 0. The first-order chi connectivity index (χ1) is 14.0. The number of nitrogens with two attached hydrogens (primary N) is 1. The van der Waals surface area contributed by atoms with E-state index < -0.39 is 13.1 Å². The summed E-state index contributed by atoms with van der Waals surface area (Å²) < 4.78 is 0. The fourth-order valence-electron chi connectivity index (χ4n) is 3.05. The van der Waals surface area contributed by atoms with E-state index in [1.165, 1.54) is 0 Å². The second-order valence-corrected chi connectivity index (χ2v) is 6.25. The second kappa shape index (κ2) is 7.26. The highest BCUT2D eigenvalue weighted by Gasteiger charge is 2.18. The van der Waals surface area contributed by atoms with Crippen LogP contribution in [0.25, 0.3) is 33.4 Å². The van der Waals surface area contributed by atoms with Gasteiger partial charge in [-0.1, -0.05) is 24.3 Å². The minimum atomic E-state index is -1.64. The van der Waals surface area contributed by atoms with Crippen LogP contribution >= 0.6 is 0 Å². The Hall–Kier alpha value is -3.89. The van der Waals surface area contributed by atoms with E-state index >= 15 is 0 Å². The molecule has 5 N–H and O–H groups in total. The third-order valence-electron chi connectivity index (χ3n) is 4.46. The van der Waals surface area contributed by atoms with Gasteiger partial charge in [0.2, 0.25) is 0 Å². The summed E-state index contributed by atoms with van der Waals surface area (Å²) >= 11 is 0. The topological polar surface area (TPSA) is 155 Å². The van der Waals surface area contributed by atoms with Crippen molar-refractivity contribution in [2.45, 2.75) is 0 Å². The number of carboxylic acids is 1. The first-order valence-corrected chi connectivity index (χ1v) is 8.53. The van der Waals surface area contributed by atoms with E-state index in [1.54, 1.807) is 54.9 Å². The third kappa shape index (κ3) is 3.37. The molecule has 0 amide bonds. The minimum absolute atomic E-state index is 0.0280. The number of fused-ring (bicyclic) bond motifs is 1. The van der Waals surface area contributed by atoms with E-state index in [0.717, 1.165) is 0 Å². The summed E-state index contributed by atoms with van der Waals surface area (Å²) in [5, 5.41) is 36.4. The molecule has 0 aliphatic heterocycles.